The number of ether oxygens (including phenoxy) is 1. The number of amides is 1. The summed E-state index contributed by atoms with van der Waals surface area (Å²) in [6.45, 7) is 6.73. The molecule has 2 aliphatic rings. The molecule has 0 aromatic heterocycles. The second-order valence-corrected chi connectivity index (χ2v) is 9.00. The third kappa shape index (κ3) is 7.43. The quantitative estimate of drug-likeness (QED) is 0.269. The zero-order valence-corrected chi connectivity index (χ0v) is 22.3. The van der Waals surface area contributed by atoms with Gasteiger partial charge in [-0.2, -0.15) is 0 Å². The molecule has 3 atom stereocenters. The summed E-state index contributed by atoms with van der Waals surface area (Å²) in [4.78, 5) is 19.3. The van der Waals surface area contributed by atoms with E-state index in [0.29, 0.717) is 18.9 Å². The molecule has 0 spiro atoms. The van der Waals surface area contributed by atoms with E-state index in [4.69, 9.17) is 9.73 Å². The Hall–Kier alpha value is -2.13. The van der Waals surface area contributed by atoms with Gasteiger partial charge in [-0.15, -0.1) is 24.0 Å². The molecule has 7 heteroatoms. The van der Waals surface area contributed by atoms with E-state index in [9.17, 15) is 4.79 Å². The zero-order chi connectivity index (χ0) is 22.9. The molecule has 34 heavy (non-hydrogen) atoms. The molecule has 0 saturated carbocycles. The van der Waals surface area contributed by atoms with Gasteiger partial charge in [0.15, 0.2) is 5.96 Å². The first kappa shape index (κ1) is 26.5. The van der Waals surface area contributed by atoms with Gasteiger partial charge in [-0.1, -0.05) is 60.7 Å². The molecular weight excluding hydrogens is 539 g/mol. The molecule has 2 saturated heterocycles. The summed E-state index contributed by atoms with van der Waals surface area (Å²) < 4.78 is 6.02. The minimum atomic E-state index is 0. The first-order chi connectivity index (χ1) is 16.2. The minimum Gasteiger partial charge on any atom is -0.373 e. The molecule has 1 amide bonds. The van der Waals surface area contributed by atoms with Crippen molar-refractivity contribution in [2.45, 2.75) is 32.3 Å². The zero-order valence-electron chi connectivity index (χ0n) is 20.0. The summed E-state index contributed by atoms with van der Waals surface area (Å²) in [6.07, 6.45) is 2.66. The van der Waals surface area contributed by atoms with Crippen molar-refractivity contribution in [2.24, 2.45) is 16.8 Å². The van der Waals surface area contributed by atoms with Gasteiger partial charge >= 0.3 is 0 Å². The Balaban J connectivity index is 0.00000324. The first-order valence-corrected chi connectivity index (χ1v) is 12.2. The standard InChI is InChI=1S/C27H36N4O2.HI/c1-2-28-27(30-19-24-14-16-33-26(24)23-11-7-4-8-12-23)29-18-22-17-25(32)31(20-22)15-13-21-9-5-3-6-10-21;/h3-12,22,24,26H,2,13-20H2,1H3,(H2,28,29,30);1H. The minimum absolute atomic E-state index is 0. The molecule has 184 valence electrons. The summed E-state index contributed by atoms with van der Waals surface area (Å²) in [5, 5.41) is 6.87. The van der Waals surface area contributed by atoms with E-state index >= 15 is 0 Å². The van der Waals surface area contributed by atoms with Crippen molar-refractivity contribution in [2.75, 3.05) is 39.3 Å². The molecular formula is C27H37IN4O2. The third-order valence-corrected chi connectivity index (χ3v) is 6.53. The van der Waals surface area contributed by atoms with Crippen LogP contribution in [0.2, 0.25) is 0 Å². The highest BCUT2D eigenvalue weighted by atomic mass is 127. The number of halogens is 1. The van der Waals surface area contributed by atoms with Crippen LogP contribution in [0.5, 0.6) is 0 Å². The lowest BCUT2D eigenvalue weighted by molar-refractivity contribution is -0.127. The molecule has 6 nitrogen and oxygen atoms in total. The van der Waals surface area contributed by atoms with Crippen molar-refractivity contribution in [3.63, 3.8) is 0 Å². The van der Waals surface area contributed by atoms with Crippen LogP contribution < -0.4 is 10.6 Å². The first-order valence-electron chi connectivity index (χ1n) is 12.2. The highest BCUT2D eigenvalue weighted by Gasteiger charge is 2.30. The molecule has 2 aliphatic heterocycles. The Kier molecular flexibility index (Phi) is 10.7. The maximum atomic E-state index is 12.5. The van der Waals surface area contributed by atoms with E-state index < -0.39 is 0 Å². The van der Waals surface area contributed by atoms with Crippen molar-refractivity contribution in [1.29, 1.82) is 0 Å². The number of nitrogens with zero attached hydrogens (tertiary/aromatic N) is 2. The Morgan fingerprint density at radius 3 is 2.56 bits per heavy atom. The van der Waals surface area contributed by atoms with Crippen molar-refractivity contribution in [1.82, 2.24) is 15.5 Å². The van der Waals surface area contributed by atoms with Gasteiger partial charge in [-0.3, -0.25) is 9.79 Å². The molecule has 2 N–H and O–H groups in total. The SMILES string of the molecule is CCNC(=NCC1CC(=O)N(CCc2ccccc2)C1)NCC1CCOC1c1ccccc1.I. The van der Waals surface area contributed by atoms with Gasteiger partial charge in [-0.05, 0) is 30.9 Å². The Labute approximate surface area is 220 Å². The number of likely N-dealkylation sites (tertiary alicyclic amines) is 1. The van der Waals surface area contributed by atoms with E-state index in [2.05, 4.69) is 54.0 Å². The lowest BCUT2D eigenvalue weighted by Gasteiger charge is -2.21. The summed E-state index contributed by atoms with van der Waals surface area (Å²) in [5.74, 6) is 1.76. The number of nitrogens with one attached hydrogen (secondary N) is 2. The lowest BCUT2D eigenvalue weighted by atomic mass is 9.95. The van der Waals surface area contributed by atoms with Crippen LogP contribution in [0.25, 0.3) is 0 Å². The van der Waals surface area contributed by atoms with Crippen molar-refractivity contribution in [3.8, 4) is 0 Å². The third-order valence-electron chi connectivity index (χ3n) is 6.53. The summed E-state index contributed by atoms with van der Waals surface area (Å²) in [7, 11) is 0. The van der Waals surface area contributed by atoms with Crippen LogP contribution in [0.3, 0.4) is 0 Å². The molecule has 2 aromatic rings. The number of benzene rings is 2. The molecule has 2 aromatic carbocycles. The maximum Gasteiger partial charge on any atom is 0.223 e. The highest BCUT2D eigenvalue weighted by molar-refractivity contribution is 14.0. The molecule has 0 bridgehead atoms. The number of aliphatic imine (C=N–C) groups is 1. The van der Waals surface area contributed by atoms with Crippen LogP contribution in [0.1, 0.15) is 37.0 Å². The Morgan fingerprint density at radius 2 is 1.82 bits per heavy atom. The molecule has 4 rings (SSSR count). The smallest absolute Gasteiger partial charge is 0.223 e. The van der Waals surface area contributed by atoms with E-state index in [1.807, 2.05) is 29.2 Å². The van der Waals surface area contributed by atoms with Gasteiger partial charge in [-0.25, -0.2) is 0 Å². The predicted octanol–water partition coefficient (Wildman–Crippen LogP) is 4.03. The van der Waals surface area contributed by atoms with Crippen LogP contribution >= 0.6 is 24.0 Å². The number of hydrogen-bond acceptors (Lipinski definition) is 3. The highest BCUT2D eigenvalue weighted by Crippen LogP contribution is 2.33. The summed E-state index contributed by atoms with van der Waals surface area (Å²) in [5.41, 5.74) is 2.51. The fourth-order valence-electron chi connectivity index (χ4n) is 4.75. The van der Waals surface area contributed by atoms with Crippen LogP contribution in [0.15, 0.2) is 65.7 Å². The normalized spacial score (nSPS) is 22.5. The van der Waals surface area contributed by atoms with E-state index in [0.717, 1.165) is 51.6 Å². The summed E-state index contributed by atoms with van der Waals surface area (Å²) >= 11 is 0. The number of carbonyl (C=O) groups is 1. The van der Waals surface area contributed by atoms with Gasteiger partial charge in [0.05, 0.1) is 6.10 Å². The fraction of sp³-hybridized carbons (Fsp3) is 0.481. The molecule has 2 heterocycles. The topological polar surface area (TPSA) is 66.0 Å². The molecule has 0 radical (unpaired) electrons. The fourth-order valence-corrected chi connectivity index (χ4v) is 4.75. The number of guanidine groups is 1. The second kappa shape index (κ2) is 13.7. The van der Waals surface area contributed by atoms with Crippen LogP contribution in [0, 0.1) is 11.8 Å². The molecule has 2 fully saturated rings. The lowest BCUT2D eigenvalue weighted by Crippen LogP contribution is -2.40. The maximum absolute atomic E-state index is 12.5. The van der Waals surface area contributed by atoms with Crippen LogP contribution in [-0.4, -0.2) is 56.1 Å². The van der Waals surface area contributed by atoms with E-state index in [1.165, 1.54) is 11.1 Å². The van der Waals surface area contributed by atoms with Crippen LogP contribution in [0.4, 0.5) is 0 Å². The Bertz CT molecular complexity index is 909. The van der Waals surface area contributed by atoms with Gasteiger partial charge in [0.25, 0.3) is 0 Å². The van der Waals surface area contributed by atoms with Crippen molar-refractivity contribution < 1.29 is 9.53 Å². The van der Waals surface area contributed by atoms with Crippen LogP contribution in [-0.2, 0) is 16.0 Å². The largest absolute Gasteiger partial charge is 0.373 e. The predicted molar refractivity (Wildman–Crippen MR) is 147 cm³/mol. The van der Waals surface area contributed by atoms with Crippen molar-refractivity contribution >= 4 is 35.8 Å². The summed E-state index contributed by atoms with van der Waals surface area (Å²) in [6, 6.07) is 20.8. The van der Waals surface area contributed by atoms with E-state index in [-0.39, 0.29) is 41.9 Å². The van der Waals surface area contributed by atoms with Gasteiger partial charge in [0.1, 0.15) is 0 Å². The molecule has 3 unspecified atom stereocenters. The number of carbonyl (C=O) groups excluding carboxylic acids is 1. The van der Waals surface area contributed by atoms with Gasteiger partial charge in [0, 0.05) is 57.6 Å². The van der Waals surface area contributed by atoms with E-state index in [1.54, 1.807) is 0 Å². The van der Waals surface area contributed by atoms with Crippen molar-refractivity contribution in [3.05, 3.63) is 71.8 Å². The second-order valence-electron chi connectivity index (χ2n) is 9.00. The Morgan fingerprint density at radius 1 is 1.09 bits per heavy atom. The average Bonchev–Trinajstić information content (AvgIpc) is 3.47. The number of rotatable bonds is 9. The molecule has 0 aliphatic carbocycles. The number of hydrogen-bond donors (Lipinski definition) is 2. The van der Waals surface area contributed by atoms with Gasteiger partial charge in [0.2, 0.25) is 5.91 Å². The monoisotopic (exact) mass is 576 g/mol. The average molecular weight is 577 g/mol. The van der Waals surface area contributed by atoms with Gasteiger partial charge < -0.3 is 20.3 Å².